The van der Waals surface area contributed by atoms with E-state index in [0.717, 1.165) is 0 Å². The summed E-state index contributed by atoms with van der Waals surface area (Å²) in [4.78, 5) is 6.51. The third kappa shape index (κ3) is 3.23. The first-order valence-corrected chi connectivity index (χ1v) is 9.54. The molecule has 1 aliphatic heterocycles. The van der Waals surface area contributed by atoms with E-state index in [2.05, 4.69) is 11.1 Å². The molecule has 0 unspecified atom stereocenters. The fourth-order valence-corrected chi connectivity index (χ4v) is 4.98. The number of piperidine rings is 1. The molecule has 1 aliphatic rings. The summed E-state index contributed by atoms with van der Waals surface area (Å²) in [5.41, 5.74) is 0.508. The monoisotopic (exact) mass is 361 g/mol. The maximum absolute atomic E-state index is 12.8. The highest BCUT2D eigenvalue weighted by atomic mass is 35.5. The van der Waals surface area contributed by atoms with Gasteiger partial charge in [0.05, 0.1) is 15.7 Å². The molecule has 0 spiro atoms. The van der Waals surface area contributed by atoms with E-state index >= 15 is 0 Å². The molecule has 5 nitrogen and oxygen atoms in total. The minimum atomic E-state index is -3.40. The fourth-order valence-electron chi connectivity index (χ4n) is 2.95. The molecule has 124 valence electrons. The van der Waals surface area contributed by atoms with E-state index in [0.29, 0.717) is 42.3 Å². The number of aromatic nitrogens is 1. The van der Waals surface area contributed by atoms with Crippen molar-refractivity contribution in [3.63, 3.8) is 0 Å². The van der Waals surface area contributed by atoms with E-state index in [4.69, 9.17) is 11.6 Å². The van der Waals surface area contributed by atoms with Gasteiger partial charge in [-0.1, -0.05) is 17.7 Å². The van der Waals surface area contributed by atoms with Crippen molar-refractivity contribution in [2.45, 2.75) is 23.0 Å². The van der Waals surface area contributed by atoms with Gasteiger partial charge in [-0.15, -0.1) is 0 Å². The summed E-state index contributed by atoms with van der Waals surface area (Å²) in [6, 6.07) is 12.0. The smallest absolute Gasteiger partial charge is 0.181 e. The lowest BCUT2D eigenvalue weighted by atomic mass is 10.1. The molecule has 1 saturated heterocycles. The summed E-state index contributed by atoms with van der Waals surface area (Å²) >= 11 is 5.91. The Labute approximate surface area is 146 Å². The fraction of sp³-hybridized carbons (Fsp3) is 0.294. The maximum atomic E-state index is 12.8. The summed E-state index contributed by atoms with van der Waals surface area (Å²) in [6.07, 6.45) is 2.64. The van der Waals surface area contributed by atoms with Crippen LogP contribution in [-0.4, -0.2) is 31.7 Å². The van der Waals surface area contributed by atoms with Gasteiger partial charge in [-0.05, 0) is 43.2 Å². The standard InChI is InChI=1S/C17H16ClN3O2S/c18-14-4-1-5-16(11-14)24(22,23)15-6-9-21(10-7-15)17-13(12-19)3-2-8-20-17/h1-5,8,11,15H,6-7,9-10H2. The van der Waals surface area contributed by atoms with Crippen LogP contribution in [0, 0.1) is 11.3 Å². The quantitative estimate of drug-likeness (QED) is 0.840. The number of pyridine rings is 1. The van der Waals surface area contributed by atoms with Gasteiger partial charge in [0.25, 0.3) is 0 Å². The first kappa shape index (κ1) is 16.7. The van der Waals surface area contributed by atoms with Gasteiger partial charge >= 0.3 is 0 Å². The second kappa shape index (κ2) is 6.80. The summed E-state index contributed by atoms with van der Waals surface area (Å²) in [5.74, 6) is 0.624. The predicted molar refractivity (Wildman–Crippen MR) is 92.8 cm³/mol. The van der Waals surface area contributed by atoms with Crippen molar-refractivity contribution in [1.29, 1.82) is 5.26 Å². The molecule has 2 aromatic rings. The molecule has 2 heterocycles. The number of benzene rings is 1. The molecule has 1 fully saturated rings. The largest absolute Gasteiger partial charge is 0.355 e. The SMILES string of the molecule is N#Cc1cccnc1N1CCC(S(=O)(=O)c2cccc(Cl)c2)CC1. The molecule has 0 radical (unpaired) electrons. The highest BCUT2D eigenvalue weighted by Crippen LogP contribution is 2.28. The van der Waals surface area contributed by atoms with Gasteiger partial charge in [-0.3, -0.25) is 0 Å². The molecule has 1 aromatic carbocycles. The number of halogens is 1. The van der Waals surface area contributed by atoms with Crippen LogP contribution < -0.4 is 4.90 Å². The Bertz CT molecular complexity index is 885. The molecule has 0 N–H and O–H groups in total. The molecule has 0 saturated carbocycles. The van der Waals surface area contributed by atoms with Crippen LogP contribution in [0.25, 0.3) is 0 Å². The zero-order valence-corrected chi connectivity index (χ0v) is 14.5. The van der Waals surface area contributed by atoms with E-state index in [-0.39, 0.29) is 4.90 Å². The minimum Gasteiger partial charge on any atom is -0.355 e. The van der Waals surface area contributed by atoms with Crippen molar-refractivity contribution < 1.29 is 8.42 Å². The van der Waals surface area contributed by atoms with Gasteiger partial charge in [0.2, 0.25) is 0 Å². The van der Waals surface area contributed by atoms with Gasteiger partial charge in [0.1, 0.15) is 11.9 Å². The van der Waals surface area contributed by atoms with Crippen LogP contribution in [0.15, 0.2) is 47.5 Å². The molecule has 0 aliphatic carbocycles. The average Bonchev–Trinajstić information content (AvgIpc) is 2.62. The number of hydrogen-bond acceptors (Lipinski definition) is 5. The van der Waals surface area contributed by atoms with Crippen molar-refractivity contribution in [3.05, 3.63) is 53.2 Å². The summed E-state index contributed by atoms with van der Waals surface area (Å²) < 4.78 is 25.5. The first-order valence-electron chi connectivity index (χ1n) is 7.62. The van der Waals surface area contributed by atoms with Gasteiger partial charge in [0.15, 0.2) is 9.84 Å². The highest BCUT2D eigenvalue weighted by Gasteiger charge is 2.32. The van der Waals surface area contributed by atoms with Crippen molar-refractivity contribution in [1.82, 2.24) is 4.98 Å². The molecule has 1 aromatic heterocycles. The lowest BCUT2D eigenvalue weighted by Crippen LogP contribution is -2.40. The summed E-state index contributed by atoms with van der Waals surface area (Å²) in [5, 5.41) is 9.15. The number of nitriles is 1. The Morgan fingerprint density at radius 2 is 1.96 bits per heavy atom. The van der Waals surface area contributed by atoms with Crippen LogP contribution >= 0.6 is 11.6 Å². The molecular formula is C17H16ClN3O2S. The number of hydrogen-bond donors (Lipinski definition) is 0. The zero-order chi connectivity index (χ0) is 17.2. The Morgan fingerprint density at radius 1 is 1.21 bits per heavy atom. The van der Waals surface area contributed by atoms with Crippen LogP contribution in [-0.2, 0) is 9.84 Å². The van der Waals surface area contributed by atoms with Gasteiger partial charge in [-0.25, -0.2) is 13.4 Å². The molecule has 0 bridgehead atoms. The van der Waals surface area contributed by atoms with Gasteiger partial charge < -0.3 is 4.90 Å². The maximum Gasteiger partial charge on any atom is 0.181 e. The minimum absolute atomic E-state index is 0.268. The predicted octanol–water partition coefficient (Wildman–Crippen LogP) is 3.05. The Kier molecular flexibility index (Phi) is 4.74. The number of nitrogens with zero attached hydrogens (tertiary/aromatic N) is 3. The third-order valence-corrected chi connectivity index (χ3v) is 6.71. The lowest BCUT2D eigenvalue weighted by molar-refractivity contribution is 0.528. The Balaban J connectivity index is 1.77. The van der Waals surface area contributed by atoms with Crippen LogP contribution in [0.4, 0.5) is 5.82 Å². The van der Waals surface area contributed by atoms with Crippen molar-refractivity contribution in [2.75, 3.05) is 18.0 Å². The molecule has 0 amide bonds. The van der Waals surface area contributed by atoms with Gasteiger partial charge in [-0.2, -0.15) is 5.26 Å². The Hall–Kier alpha value is -2.10. The number of sulfone groups is 1. The van der Waals surface area contributed by atoms with E-state index in [1.807, 2.05) is 4.90 Å². The second-order valence-electron chi connectivity index (χ2n) is 5.68. The van der Waals surface area contributed by atoms with Crippen molar-refractivity contribution in [3.8, 4) is 6.07 Å². The Morgan fingerprint density at radius 3 is 2.62 bits per heavy atom. The topological polar surface area (TPSA) is 74.1 Å². The number of rotatable bonds is 3. The van der Waals surface area contributed by atoms with E-state index in [1.165, 1.54) is 6.07 Å². The lowest BCUT2D eigenvalue weighted by Gasteiger charge is -2.32. The molecule has 7 heteroatoms. The van der Waals surface area contributed by atoms with Crippen LogP contribution in [0.2, 0.25) is 5.02 Å². The summed E-state index contributed by atoms with van der Waals surface area (Å²) in [6.45, 7) is 1.10. The molecule has 3 rings (SSSR count). The van der Waals surface area contributed by atoms with Crippen LogP contribution in [0.3, 0.4) is 0 Å². The highest BCUT2D eigenvalue weighted by molar-refractivity contribution is 7.92. The van der Waals surface area contributed by atoms with E-state index in [1.54, 1.807) is 36.5 Å². The van der Waals surface area contributed by atoms with E-state index < -0.39 is 15.1 Å². The second-order valence-corrected chi connectivity index (χ2v) is 8.34. The zero-order valence-electron chi connectivity index (χ0n) is 12.9. The molecular weight excluding hydrogens is 346 g/mol. The van der Waals surface area contributed by atoms with Crippen molar-refractivity contribution >= 4 is 27.3 Å². The molecule has 0 atom stereocenters. The first-order chi connectivity index (χ1) is 11.5. The average molecular weight is 362 g/mol. The third-order valence-electron chi connectivity index (χ3n) is 4.21. The van der Waals surface area contributed by atoms with Gasteiger partial charge in [0, 0.05) is 24.3 Å². The van der Waals surface area contributed by atoms with Crippen LogP contribution in [0.5, 0.6) is 0 Å². The normalized spacial score (nSPS) is 15.9. The summed E-state index contributed by atoms with van der Waals surface area (Å²) in [7, 11) is -3.40. The van der Waals surface area contributed by atoms with Crippen LogP contribution in [0.1, 0.15) is 18.4 Å². The molecule has 24 heavy (non-hydrogen) atoms. The number of anilines is 1. The van der Waals surface area contributed by atoms with Crippen molar-refractivity contribution in [2.24, 2.45) is 0 Å². The van der Waals surface area contributed by atoms with E-state index in [9.17, 15) is 13.7 Å².